The molecule has 1 unspecified atom stereocenters. The van der Waals surface area contributed by atoms with Crippen LogP contribution in [-0.2, 0) is 0 Å². The molecule has 1 aromatic heterocycles. The van der Waals surface area contributed by atoms with Crippen molar-refractivity contribution in [1.82, 2.24) is 4.90 Å². The van der Waals surface area contributed by atoms with E-state index in [2.05, 4.69) is 43.7 Å². The van der Waals surface area contributed by atoms with E-state index in [1.165, 1.54) is 25.7 Å². The summed E-state index contributed by atoms with van der Waals surface area (Å²) >= 11 is 8.48. The van der Waals surface area contributed by atoms with Crippen LogP contribution >= 0.6 is 43.2 Å². The van der Waals surface area contributed by atoms with Crippen molar-refractivity contribution >= 4 is 49.0 Å². The van der Waals surface area contributed by atoms with Crippen LogP contribution in [0.5, 0.6) is 0 Å². The standard InChI is InChI=1S/C14H19Br2NOS/c1-2-10-6-4-3-5-7-17(10)9-12(18)11-8-13(15)19-14(11)16/h8,10H,2-7,9H2,1H3. The number of ketones is 1. The topological polar surface area (TPSA) is 20.3 Å². The lowest BCUT2D eigenvalue weighted by Gasteiger charge is -2.28. The van der Waals surface area contributed by atoms with Crippen molar-refractivity contribution in [2.45, 2.75) is 45.1 Å². The Morgan fingerprint density at radius 1 is 1.42 bits per heavy atom. The normalized spacial score (nSPS) is 21.3. The third-order valence-electron chi connectivity index (χ3n) is 3.77. The second-order valence-electron chi connectivity index (χ2n) is 5.04. The number of hydrogen-bond acceptors (Lipinski definition) is 3. The third-order valence-corrected chi connectivity index (χ3v) is 6.11. The highest BCUT2D eigenvalue weighted by atomic mass is 79.9. The van der Waals surface area contributed by atoms with Crippen LogP contribution in [-0.4, -0.2) is 29.8 Å². The smallest absolute Gasteiger partial charge is 0.178 e. The van der Waals surface area contributed by atoms with E-state index in [1.54, 1.807) is 11.3 Å². The Bertz CT molecular complexity index is 447. The molecule has 0 radical (unpaired) electrons. The summed E-state index contributed by atoms with van der Waals surface area (Å²) in [6.07, 6.45) is 6.20. The zero-order valence-corrected chi connectivity index (χ0v) is 15.1. The molecule has 2 rings (SSSR count). The van der Waals surface area contributed by atoms with E-state index in [9.17, 15) is 4.79 Å². The van der Waals surface area contributed by atoms with Crippen LogP contribution in [0, 0.1) is 0 Å². The van der Waals surface area contributed by atoms with Gasteiger partial charge in [-0.1, -0.05) is 19.8 Å². The van der Waals surface area contributed by atoms with Crippen LogP contribution in [0.1, 0.15) is 49.4 Å². The highest BCUT2D eigenvalue weighted by Gasteiger charge is 2.23. The molecule has 1 fully saturated rings. The largest absolute Gasteiger partial charge is 0.293 e. The Labute approximate surface area is 135 Å². The van der Waals surface area contributed by atoms with E-state index in [0.717, 1.165) is 26.1 Å². The van der Waals surface area contributed by atoms with Crippen molar-refractivity contribution in [3.8, 4) is 0 Å². The number of hydrogen-bond donors (Lipinski definition) is 0. The lowest BCUT2D eigenvalue weighted by atomic mass is 10.1. The molecule has 1 saturated heterocycles. The van der Waals surface area contributed by atoms with Crippen LogP contribution in [0.2, 0.25) is 0 Å². The van der Waals surface area contributed by atoms with Crippen LogP contribution in [0.3, 0.4) is 0 Å². The minimum absolute atomic E-state index is 0.231. The van der Waals surface area contributed by atoms with E-state index in [0.29, 0.717) is 12.6 Å². The van der Waals surface area contributed by atoms with Crippen LogP contribution in [0.15, 0.2) is 13.6 Å². The molecule has 106 valence electrons. The van der Waals surface area contributed by atoms with Crippen LogP contribution < -0.4 is 0 Å². The summed E-state index contributed by atoms with van der Waals surface area (Å²) in [4.78, 5) is 14.8. The number of carbonyl (C=O) groups is 1. The van der Waals surface area contributed by atoms with Gasteiger partial charge in [0.1, 0.15) is 0 Å². The van der Waals surface area contributed by atoms with Crippen LogP contribution in [0.4, 0.5) is 0 Å². The Kier molecular flexibility index (Phi) is 6.06. The first-order valence-corrected chi connectivity index (χ1v) is 9.24. The number of halogens is 2. The molecule has 0 aliphatic carbocycles. The van der Waals surface area contributed by atoms with Gasteiger partial charge in [0.25, 0.3) is 0 Å². The Morgan fingerprint density at radius 3 is 2.84 bits per heavy atom. The van der Waals surface area contributed by atoms with Gasteiger partial charge in [-0.15, -0.1) is 11.3 Å². The van der Waals surface area contributed by atoms with E-state index >= 15 is 0 Å². The summed E-state index contributed by atoms with van der Waals surface area (Å²) in [5.41, 5.74) is 0.816. The lowest BCUT2D eigenvalue weighted by molar-refractivity contribution is 0.0890. The van der Waals surface area contributed by atoms with Crippen molar-refractivity contribution in [2.24, 2.45) is 0 Å². The van der Waals surface area contributed by atoms with E-state index < -0.39 is 0 Å². The second kappa shape index (κ2) is 7.34. The van der Waals surface area contributed by atoms with Gasteiger partial charge in [-0.2, -0.15) is 0 Å². The predicted octanol–water partition coefficient (Wildman–Crippen LogP) is 5.11. The maximum absolute atomic E-state index is 12.4. The van der Waals surface area contributed by atoms with E-state index in [1.807, 2.05) is 6.07 Å². The summed E-state index contributed by atoms with van der Waals surface area (Å²) in [7, 11) is 0. The predicted molar refractivity (Wildman–Crippen MR) is 88.2 cm³/mol. The van der Waals surface area contributed by atoms with E-state index in [-0.39, 0.29) is 5.78 Å². The van der Waals surface area contributed by atoms with Gasteiger partial charge < -0.3 is 0 Å². The highest BCUT2D eigenvalue weighted by molar-refractivity contribution is 9.12. The van der Waals surface area contributed by atoms with Gasteiger partial charge in [-0.05, 0) is 63.7 Å². The van der Waals surface area contributed by atoms with Crippen molar-refractivity contribution < 1.29 is 4.79 Å². The molecule has 1 aromatic rings. The molecule has 1 aliphatic rings. The van der Waals surface area contributed by atoms with Crippen molar-refractivity contribution in [3.05, 3.63) is 19.2 Å². The van der Waals surface area contributed by atoms with Gasteiger partial charge in [0.15, 0.2) is 5.78 Å². The van der Waals surface area contributed by atoms with Gasteiger partial charge in [0.2, 0.25) is 0 Å². The third kappa shape index (κ3) is 4.13. The first-order valence-electron chi connectivity index (χ1n) is 6.84. The fraction of sp³-hybridized carbons (Fsp3) is 0.643. The molecule has 0 saturated carbocycles. The fourth-order valence-electron chi connectivity index (χ4n) is 2.71. The molecule has 1 atom stereocenters. The monoisotopic (exact) mass is 407 g/mol. The minimum atomic E-state index is 0.231. The molecule has 0 N–H and O–H groups in total. The van der Waals surface area contributed by atoms with Crippen molar-refractivity contribution in [2.75, 3.05) is 13.1 Å². The van der Waals surface area contributed by atoms with Gasteiger partial charge >= 0.3 is 0 Å². The molecule has 0 bridgehead atoms. The van der Waals surface area contributed by atoms with Crippen molar-refractivity contribution in [3.63, 3.8) is 0 Å². The molecule has 1 aliphatic heterocycles. The minimum Gasteiger partial charge on any atom is -0.293 e. The second-order valence-corrected chi connectivity index (χ2v) is 8.79. The molecular weight excluding hydrogens is 390 g/mol. The average molecular weight is 409 g/mol. The highest BCUT2D eigenvalue weighted by Crippen LogP contribution is 2.32. The fourth-order valence-corrected chi connectivity index (χ4v) is 5.56. The number of carbonyl (C=O) groups excluding carboxylic acids is 1. The van der Waals surface area contributed by atoms with Gasteiger partial charge in [-0.3, -0.25) is 9.69 Å². The summed E-state index contributed by atoms with van der Waals surface area (Å²) in [6, 6.07) is 2.50. The number of thiophene rings is 1. The first kappa shape index (κ1) is 15.7. The Hall–Kier alpha value is 0.290. The summed E-state index contributed by atoms with van der Waals surface area (Å²) in [5.74, 6) is 0.231. The molecule has 0 amide bonds. The van der Waals surface area contributed by atoms with Gasteiger partial charge in [0.05, 0.1) is 14.1 Å². The molecule has 0 aromatic carbocycles. The summed E-state index contributed by atoms with van der Waals surface area (Å²) in [6.45, 7) is 3.85. The molecule has 2 heterocycles. The molecule has 0 spiro atoms. The molecule has 5 heteroatoms. The maximum atomic E-state index is 12.4. The molecular formula is C14H19Br2NOS. The lowest BCUT2D eigenvalue weighted by Crippen LogP contribution is -2.38. The van der Waals surface area contributed by atoms with Gasteiger partial charge in [-0.25, -0.2) is 0 Å². The SMILES string of the molecule is CCC1CCCCCN1CC(=O)c1cc(Br)sc1Br. The number of Topliss-reactive ketones (excluding diaryl/α,β-unsaturated/α-hetero) is 1. The number of rotatable bonds is 4. The average Bonchev–Trinajstić information content (AvgIpc) is 2.60. The van der Waals surface area contributed by atoms with Crippen molar-refractivity contribution in [1.29, 1.82) is 0 Å². The Morgan fingerprint density at radius 2 is 2.21 bits per heavy atom. The zero-order valence-electron chi connectivity index (χ0n) is 11.1. The Balaban J connectivity index is 2.06. The quantitative estimate of drug-likeness (QED) is 0.645. The maximum Gasteiger partial charge on any atom is 0.178 e. The molecule has 2 nitrogen and oxygen atoms in total. The number of likely N-dealkylation sites (tertiary alicyclic amines) is 1. The van der Waals surface area contributed by atoms with Gasteiger partial charge in [0, 0.05) is 11.6 Å². The molecule has 19 heavy (non-hydrogen) atoms. The summed E-state index contributed by atoms with van der Waals surface area (Å²) < 4.78 is 1.94. The first-order chi connectivity index (χ1) is 9.11. The zero-order chi connectivity index (χ0) is 13.8. The van der Waals surface area contributed by atoms with E-state index in [4.69, 9.17) is 0 Å². The number of nitrogens with zero attached hydrogens (tertiary/aromatic N) is 1. The van der Waals surface area contributed by atoms with Crippen LogP contribution in [0.25, 0.3) is 0 Å². The summed E-state index contributed by atoms with van der Waals surface area (Å²) in [5, 5.41) is 0.